The molecule has 3 heterocycles. The summed E-state index contributed by atoms with van der Waals surface area (Å²) in [5, 5.41) is 13.6. The Morgan fingerprint density at radius 1 is 1.15 bits per heavy atom. The molecule has 166 valence electrons. The second-order valence-corrected chi connectivity index (χ2v) is 8.41. The molecule has 0 radical (unpaired) electrons. The molecule has 0 atom stereocenters. The van der Waals surface area contributed by atoms with Gasteiger partial charge in [0.15, 0.2) is 0 Å². The van der Waals surface area contributed by atoms with E-state index in [0.29, 0.717) is 41.1 Å². The Morgan fingerprint density at radius 3 is 2.68 bits per heavy atom. The van der Waals surface area contributed by atoms with E-state index in [1.165, 1.54) is 0 Å². The number of allylic oxidation sites excluding steroid dienone is 1. The van der Waals surface area contributed by atoms with Crippen molar-refractivity contribution in [2.75, 3.05) is 11.1 Å². The molecule has 0 saturated heterocycles. The molecule has 7 nitrogen and oxygen atoms in total. The van der Waals surface area contributed by atoms with E-state index in [1.807, 2.05) is 49.4 Å². The van der Waals surface area contributed by atoms with Crippen molar-refractivity contribution >= 4 is 33.9 Å². The monoisotopic (exact) mass is 446 g/mol. The van der Waals surface area contributed by atoms with Gasteiger partial charge in [-0.1, -0.05) is 35.9 Å². The van der Waals surface area contributed by atoms with Crippen LogP contribution in [0.25, 0.3) is 27.6 Å². The van der Waals surface area contributed by atoms with E-state index in [-0.39, 0.29) is 11.8 Å². The number of carbonyl (C=O) groups excluding carboxylic acids is 1. The first-order valence-corrected chi connectivity index (χ1v) is 11.0. The van der Waals surface area contributed by atoms with Crippen molar-refractivity contribution in [1.29, 1.82) is 5.26 Å². The Kier molecular flexibility index (Phi) is 5.48. The van der Waals surface area contributed by atoms with Crippen molar-refractivity contribution in [3.8, 4) is 17.3 Å². The fourth-order valence-corrected chi connectivity index (χ4v) is 4.22. The molecule has 4 aromatic rings. The molecule has 34 heavy (non-hydrogen) atoms. The van der Waals surface area contributed by atoms with Gasteiger partial charge in [0, 0.05) is 35.1 Å². The van der Waals surface area contributed by atoms with Crippen molar-refractivity contribution in [1.82, 2.24) is 15.0 Å². The van der Waals surface area contributed by atoms with Crippen molar-refractivity contribution < 1.29 is 4.79 Å². The fraction of sp³-hybridized carbons (Fsp3) is 0.148. The first kappa shape index (κ1) is 21.3. The first-order chi connectivity index (χ1) is 16.5. The highest BCUT2D eigenvalue weighted by molar-refractivity contribution is 6.26. The molecule has 3 N–H and O–H groups in total. The Hall–Kier alpha value is -4.57. The van der Waals surface area contributed by atoms with Gasteiger partial charge in [-0.25, -0.2) is 9.97 Å². The molecule has 0 spiro atoms. The average Bonchev–Trinajstić information content (AvgIpc) is 2.81. The van der Waals surface area contributed by atoms with E-state index in [1.54, 1.807) is 24.7 Å². The molecule has 5 rings (SSSR count). The summed E-state index contributed by atoms with van der Waals surface area (Å²) in [6.07, 6.45) is 6.33. The standard InChI is InChI=1S/C27H22N6O/c1-16-7-8-30-14-21(16)23-11-19-12-24(31-15-22(19)26(29)32-23)33-27(34)25(18-5-3-2-4-6-18)20-9-17(10-20)13-28/h2-8,11-12,14-15,17H,9-10H2,1H3,(H2,29,32)(H,31,33,34). The summed E-state index contributed by atoms with van der Waals surface area (Å²) in [6.45, 7) is 1.99. The summed E-state index contributed by atoms with van der Waals surface area (Å²) in [5.74, 6) is 0.507. The van der Waals surface area contributed by atoms with Crippen LogP contribution in [0.5, 0.6) is 0 Å². The molecular formula is C27H22N6O. The van der Waals surface area contributed by atoms with Crippen LogP contribution >= 0.6 is 0 Å². The van der Waals surface area contributed by atoms with Gasteiger partial charge >= 0.3 is 0 Å². The molecule has 1 aliphatic carbocycles. The summed E-state index contributed by atoms with van der Waals surface area (Å²) < 4.78 is 0. The van der Waals surface area contributed by atoms with E-state index >= 15 is 0 Å². The van der Waals surface area contributed by atoms with Gasteiger partial charge < -0.3 is 11.1 Å². The van der Waals surface area contributed by atoms with Gasteiger partial charge in [-0.2, -0.15) is 5.26 Å². The minimum atomic E-state index is -0.241. The molecule has 1 amide bonds. The minimum Gasteiger partial charge on any atom is -0.383 e. The summed E-state index contributed by atoms with van der Waals surface area (Å²) in [6, 6.07) is 17.4. The normalized spacial score (nSPS) is 14.8. The maximum atomic E-state index is 13.3. The zero-order valence-corrected chi connectivity index (χ0v) is 18.6. The molecule has 0 bridgehead atoms. The molecular weight excluding hydrogens is 424 g/mol. The smallest absolute Gasteiger partial charge is 0.257 e. The molecule has 1 fully saturated rings. The number of hydrogen-bond donors (Lipinski definition) is 2. The lowest BCUT2D eigenvalue weighted by Crippen LogP contribution is -2.22. The van der Waals surface area contributed by atoms with Crippen LogP contribution in [-0.2, 0) is 4.79 Å². The highest BCUT2D eigenvalue weighted by Crippen LogP contribution is 2.38. The number of nitrogen functional groups attached to an aromatic ring is 1. The number of amides is 1. The number of nitrogens with zero attached hydrogens (tertiary/aromatic N) is 4. The lowest BCUT2D eigenvalue weighted by Gasteiger charge is -2.26. The molecule has 3 aromatic heterocycles. The van der Waals surface area contributed by atoms with E-state index in [2.05, 4.69) is 26.3 Å². The number of benzene rings is 1. The number of nitrogens with two attached hydrogens (primary N) is 1. The van der Waals surface area contributed by atoms with Crippen LogP contribution < -0.4 is 11.1 Å². The number of rotatable bonds is 4. The maximum Gasteiger partial charge on any atom is 0.257 e. The largest absolute Gasteiger partial charge is 0.383 e. The van der Waals surface area contributed by atoms with Crippen LogP contribution in [0.2, 0.25) is 0 Å². The van der Waals surface area contributed by atoms with Gasteiger partial charge in [0.25, 0.3) is 5.91 Å². The number of nitrogens with one attached hydrogen (secondary N) is 1. The topological polar surface area (TPSA) is 118 Å². The predicted octanol–water partition coefficient (Wildman–Crippen LogP) is 4.91. The van der Waals surface area contributed by atoms with Gasteiger partial charge in [0.2, 0.25) is 0 Å². The highest BCUT2D eigenvalue weighted by Gasteiger charge is 2.29. The van der Waals surface area contributed by atoms with Crippen LogP contribution in [0, 0.1) is 24.2 Å². The number of aryl methyl sites for hydroxylation is 1. The third-order valence-corrected chi connectivity index (χ3v) is 6.11. The van der Waals surface area contributed by atoms with E-state index in [9.17, 15) is 10.1 Å². The van der Waals surface area contributed by atoms with Crippen LogP contribution in [0.15, 0.2) is 72.7 Å². The van der Waals surface area contributed by atoms with Crippen molar-refractivity contribution in [3.05, 3.63) is 83.8 Å². The number of pyridine rings is 3. The number of carbonyl (C=O) groups is 1. The lowest BCUT2D eigenvalue weighted by molar-refractivity contribution is -0.111. The maximum absolute atomic E-state index is 13.3. The molecule has 1 aromatic carbocycles. The Labute approximate surface area is 197 Å². The average molecular weight is 447 g/mol. The van der Waals surface area contributed by atoms with E-state index in [0.717, 1.165) is 27.6 Å². The zero-order valence-electron chi connectivity index (χ0n) is 18.6. The fourth-order valence-electron chi connectivity index (χ4n) is 4.22. The summed E-state index contributed by atoms with van der Waals surface area (Å²) >= 11 is 0. The zero-order chi connectivity index (χ0) is 23.7. The van der Waals surface area contributed by atoms with Gasteiger partial charge in [-0.05, 0) is 54.5 Å². The van der Waals surface area contributed by atoms with Gasteiger partial charge in [-0.3, -0.25) is 9.78 Å². The van der Waals surface area contributed by atoms with Crippen molar-refractivity contribution in [2.45, 2.75) is 19.8 Å². The molecule has 1 aliphatic rings. The predicted molar refractivity (Wildman–Crippen MR) is 132 cm³/mol. The highest BCUT2D eigenvalue weighted by atomic mass is 16.1. The second-order valence-electron chi connectivity index (χ2n) is 8.41. The number of nitriles is 1. The number of anilines is 2. The second kappa shape index (κ2) is 8.75. The Bertz CT molecular complexity index is 1480. The van der Waals surface area contributed by atoms with Crippen LogP contribution in [-0.4, -0.2) is 20.9 Å². The molecule has 0 unspecified atom stereocenters. The van der Waals surface area contributed by atoms with Gasteiger partial charge in [0.1, 0.15) is 11.6 Å². The summed E-state index contributed by atoms with van der Waals surface area (Å²) in [5.41, 5.74) is 11.3. The third-order valence-electron chi connectivity index (χ3n) is 6.11. The number of aromatic nitrogens is 3. The Balaban J connectivity index is 1.50. The van der Waals surface area contributed by atoms with Crippen LogP contribution in [0.3, 0.4) is 0 Å². The van der Waals surface area contributed by atoms with Crippen LogP contribution in [0.1, 0.15) is 24.0 Å². The number of fused-ring (bicyclic) bond motifs is 1. The van der Waals surface area contributed by atoms with Crippen LogP contribution in [0.4, 0.5) is 11.6 Å². The van der Waals surface area contributed by atoms with Crippen molar-refractivity contribution in [3.63, 3.8) is 0 Å². The lowest BCUT2D eigenvalue weighted by atomic mass is 9.77. The van der Waals surface area contributed by atoms with E-state index in [4.69, 9.17) is 5.73 Å². The van der Waals surface area contributed by atoms with Crippen molar-refractivity contribution in [2.24, 2.45) is 5.92 Å². The molecule has 1 saturated carbocycles. The van der Waals surface area contributed by atoms with Gasteiger partial charge in [-0.15, -0.1) is 0 Å². The van der Waals surface area contributed by atoms with Gasteiger partial charge in [0.05, 0.1) is 17.7 Å². The quantitative estimate of drug-likeness (QED) is 0.430. The SMILES string of the molecule is Cc1ccncc1-c1cc2cc(NC(=O)C(=C3CC(C#N)C3)c3ccccc3)ncc2c(N)n1. The summed E-state index contributed by atoms with van der Waals surface area (Å²) in [7, 11) is 0. The number of hydrogen-bond acceptors (Lipinski definition) is 6. The van der Waals surface area contributed by atoms with E-state index < -0.39 is 0 Å². The third kappa shape index (κ3) is 3.97. The summed E-state index contributed by atoms with van der Waals surface area (Å²) in [4.78, 5) is 26.5. The minimum absolute atomic E-state index is 0.0369. The first-order valence-electron chi connectivity index (χ1n) is 11.0. The Morgan fingerprint density at radius 2 is 1.94 bits per heavy atom. The molecule has 7 heteroatoms. The molecule has 0 aliphatic heterocycles.